The monoisotopic (exact) mass is 269 g/mol. The van der Waals surface area contributed by atoms with E-state index in [4.69, 9.17) is 15.3 Å². The van der Waals surface area contributed by atoms with Crippen LogP contribution in [-0.2, 0) is 9.59 Å². The summed E-state index contributed by atoms with van der Waals surface area (Å²) >= 11 is 0. The quantitative estimate of drug-likeness (QED) is 0.397. The first-order valence-electron chi connectivity index (χ1n) is 4.73. The third-order valence-electron chi connectivity index (χ3n) is 2.28. The number of aliphatic carboxylic acids is 2. The van der Waals surface area contributed by atoms with Crippen LogP contribution in [-0.4, -0.2) is 38.2 Å². The second-order valence-electron chi connectivity index (χ2n) is 3.45. The van der Waals surface area contributed by atoms with Crippen molar-refractivity contribution >= 4 is 23.6 Å². The molecule has 1 aromatic rings. The van der Waals surface area contributed by atoms with Crippen molar-refractivity contribution in [2.24, 2.45) is 0 Å². The summed E-state index contributed by atoms with van der Waals surface area (Å²) in [6, 6.07) is 2.33. The number of nitro benzene ring substituents is 1. The highest BCUT2D eigenvalue weighted by molar-refractivity contribution is 6.00. The molecule has 9 heteroatoms. The molecule has 0 bridgehead atoms. The second-order valence-corrected chi connectivity index (χ2v) is 3.45. The van der Waals surface area contributed by atoms with Gasteiger partial charge >= 0.3 is 17.9 Å². The van der Waals surface area contributed by atoms with E-state index in [1.54, 1.807) is 0 Å². The first-order chi connectivity index (χ1) is 8.75. The Hall–Kier alpha value is -2.97. The summed E-state index contributed by atoms with van der Waals surface area (Å²) in [6.07, 6.45) is 0. The van der Waals surface area contributed by atoms with Gasteiger partial charge in [-0.15, -0.1) is 0 Å². The Morgan fingerprint density at radius 2 is 1.63 bits per heavy atom. The number of nitrogens with zero attached hydrogens (tertiary/aromatic N) is 1. The predicted octanol–water partition coefficient (Wildman–Crippen LogP) is 0.546. The fourth-order valence-corrected chi connectivity index (χ4v) is 1.46. The smallest absolute Gasteiger partial charge is 0.335 e. The largest absolute Gasteiger partial charge is 0.480 e. The van der Waals surface area contributed by atoms with Crippen LogP contribution in [0.15, 0.2) is 18.2 Å². The molecule has 0 spiro atoms. The lowest BCUT2D eigenvalue weighted by Crippen LogP contribution is -2.22. The minimum atomic E-state index is -2.21. The lowest BCUT2D eigenvalue weighted by Gasteiger charge is -2.09. The highest BCUT2D eigenvalue weighted by atomic mass is 16.6. The van der Waals surface area contributed by atoms with Crippen LogP contribution in [0.4, 0.5) is 5.69 Å². The van der Waals surface area contributed by atoms with Crippen LogP contribution in [0.2, 0.25) is 0 Å². The van der Waals surface area contributed by atoms with E-state index < -0.39 is 45.6 Å². The van der Waals surface area contributed by atoms with Gasteiger partial charge in [0.1, 0.15) is 0 Å². The van der Waals surface area contributed by atoms with E-state index in [0.29, 0.717) is 6.07 Å². The molecule has 0 amide bonds. The molecule has 0 fully saturated rings. The summed E-state index contributed by atoms with van der Waals surface area (Å²) in [5.41, 5.74) is -1.89. The zero-order chi connectivity index (χ0) is 14.7. The van der Waals surface area contributed by atoms with Crippen molar-refractivity contribution < 1.29 is 34.6 Å². The summed E-state index contributed by atoms with van der Waals surface area (Å²) < 4.78 is 0. The van der Waals surface area contributed by atoms with Crippen LogP contribution in [0, 0.1) is 10.1 Å². The van der Waals surface area contributed by atoms with Crippen molar-refractivity contribution in [3.8, 4) is 0 Å². The summed E-state index contributed by atoms with van der Waals surface area (Å²) in [6.45, 7) is 0. The summed E-state index contributed by atoms with van der Waals surface area (Å²) in [5.74, 6) is -7.30. The number of hydrogen-bond donors (Lipinski definition) is 3. The predicted molar refractivity (Wildman–Crippen MR) is 58.1 cm³/mol. The Morgan fingerprint density at radius 3 is 2.00 bits per heavy atom. The average molecular weight is 269 g/mol. The Morgan fingerprint density at radius 1 is 1.11 bits per heavy atom. The molecule has 1 aromatic carbocycles. The van der Waals surface area contributed by atoms with Gasteiger partial charge in [0.15, 0.2) is 5.92 Å². The van der Waals surface area contributed by atoms with Crippen LogP contribution in [0.25, 0.3) is 0 Å². The second kappa shape index (κ2) is 5.12. The zero-order valence-electron chi connectivity index (χ0n) is 9.14. The topological polar surface area (TPSA) is 155 Å². The van der Waals surface area contributed by atoms with Gasteiger partial charge in [0.25, 0.3) is 5.69 Å². The summed E-state index contributed by atoms with van der Waals surface area (Å²) in [5, 5.41) is 37.0. The number of hydrogen-bond acceptors (Lipinski definition) is 5. The van der Waals surface area contributed by atoms with E-state index in [0.717, 1.165) is 12.1 Å². The Kier molecular flexibility index (Phi) is 3.80. The van der Waals surface area contributed by atoms with Gasteiger partial charge in [-0.05, 0) is 12.1 Å². The lowest BCUT2D eigenvalue weighted by atomic mass is 9.95. The van der Waals surface area contributed by atoms with Crippen LogP contribution in [0.5, 0.6) is 0 Å². The maximum Gasteiger partial charge on any atom is 0.335 e. The van der Waals surface area contributed by atoms with Crippen molar-refractivity contribution in [1.29, 1.82) is 0 Å². The Balaban J connectivity index is 3.55. The highest BCUT2D eigenvalue weighted by Gasteiger charge is 2.34. The van der Waals surface area contributed by atoms with Crippen molar-refractivity contribution in [3.05, 3.63) is 39.4 Å². The number of nitro groups is 1. The molecule has 0 saturated carbocycles. The average Bonchev–Trinajstić information content (AvgIpc) is 2.27. The minimum absolute atomic E-state index is 0.437. The van der Waals surface area contributed by atoms with Crippen LogP contribution in [0.3, 0.4) is 0 Å². The number of carboxylic acid groups (broad SMARTS) is 3. The molecule has 0 aromatic heterocycles. The molecule has 0 radical (unpaired) electrons. The molecular formula is C10H7NO8. The molecule has 9 nitrogen and oxygen atoms in total. The molecule has 100 valence electrons. The van der Waals surface area contributed by atoms with Gasteiger partial charge in [-0.25, -0.2) is 4.79 Å². The first-order valence-corrected chi connectivity index (χ1v) is 4.73. The van der Waals surface area contributed by atoms with Gasteiger partial charge in [-0.2, -0.15) is 0 Å². The van der Waals surface area contributed by atoms with Gasteiger partial charge in [-0.1, -0.05) is 0 Å². The van der Waals surface area contributed by atoms with E-state index in [1.165, 1.54) is 0 Å². The fourth-order valence-electron chi connectivity index (χ4n) is 1.46. The van der Waals surface area contributed by atoms with Gasteiger partial charge in [0.05, 0.1) is 16.1 Å². The third-order valence-corrected chi connectivity index (χ3v) is 2.28. The van der Waals surface area contributed by atoms with E-state index in [-0.39, 0.29) is 0 Å². The van der Waals surface area contributed by atoms with Gasteiger partial charge in [-0.3, -0.25) is 19.7 Å². The van der Waals surface area contributed by atoms with Crippen LogP contribution >= 0.6 is 0 Å². The van der Waals surface area contributed by atoms with Crippen molar-refractivity contribution in [1.82, 2.24) is 0 Å². The Bertz CT molecular complexity index is 565. The molecule has 0 atom stereocenters. The fraction of sp³-hybridized carbons (Fsp3) is 0.100. The first kappa shape index (κ1) is 14.1. The Labute approximate surface area is 104 Å². The zero-order valence-corrected chi connectivity index (χ0v) is 9.14. The number of benzene rings is 1. The molecule has 1 rings (SSSR count). The SMILES string of the molecule is O=C(O)c1ccc([N+](=O)[O-])c(C(C(=O)O)C(=O)O)c1. The van der Waals surface area contributed by atoms with E-state index in [2.05, 4.69) is 0 Å². The number of aromatic carboxylic acids is 1. The van der Waals surface area contributed by atoms with Crippen LogP contribution in [0.1, 0.15) is 21.8 Å². The number of carbonyl (C=O) groups is 3. The van der Waals surface area contributed by atoms with E-state index >= 15 is 0 Å². The molecule has 0 heterocycles. The van der Waals surface area contributed by atoms with Gasteiger partial charge in [0.2, 0.25) is 0 Å². The van der Waals surface area contributed by atoms with E-state index in [1.807, 2.05) is 0 Å². The molecular weight excluding hydrogens is 262 g/mol. The third kappa shape index (κ3) is 2.83. The van der Waals surface area contributed by atoms with Gasteiger partial charge < -0.3 is 15.3 Å². The molecule has 19 heavy (non-hydrogen) atoms. The highest BCUT2D eigenvalue weighted by Crippen LogP contribution is 2.28. The maximum atomic E-state index is 10.8. The van der Waals surface area contributed by atoms with Gasteiger partial charge in [0, 0.05) is 6.07 Å². The molecule has 0 saturated heterocycles. The van der Waals surface area contributed by atoms with Crippen molar-refractivity contribution in [2.45, 2.75) is 5.92 Å². The van der Waals surface area contributed by atoms with Crippen LogP contribution < -0.4 is 0 Å². The number of carboxylic acids is 3. The minimum Gasteiger partial charge on any atom is -0.480 e. The maximum absolute atomic E-state index is 10.8. The summed E-state index contributed by atoms with van der Waals surface area (Å²) in [4.78, 5) is 42.2. The standard InChI is InChI=1S/C10H7NO8/c12-8(13)4-1-2-6(11(18)19)5(3-4)7(9(14)15)10(16)17/h1-3,7H,(H,12,13)(H,14,15)(H,16,17). The lowest BCUT2D eigenvalue weighted by molar-refractivity contribution is -0.385. The molecule has 3 N–H and O–H groups in total. The van der Waals surface area contributed by atoms with E-state index in [9.17, 15) is 24.5 Å². The molecule has 0 aliphatic carbocycles. The van der Waals surface area contributed by atoms with Crippen molar-refractivity contribution in [2.75, 3.05) is 0 Å². The molecule has 0 aliphatic rings. The summed E-state index contributed by atoms with van der Waals surface area (Å²) in [7, 11) is 0. The normalized spacial score (nSPS) is 10.2. The van der Waals surface area contributed by atoms with Crippen molar-refractivity contribution in [3.63, 3.8) is 0 Å². The number of rotatable bonds is 5. The molecule has 0 aliphatic heterocycles. The molecule has 0 unspecified atom stereocenters.